The van der Waals surface area contributed by atoms with Crippen molar-refractivity contribution in [1.29, 1.82) is 0 Å². The maximum absolute atomic E-state index is 12.8. The van der Waals surface area contributed by atoms with Crippen molar-refractivity contribution < 1.29 is 9.53 Å². The molecule has 3 aliphatic rings. The van der Waals surface area contributed by atoms with Gasteiger partial charge in [0, 0.05) is 69.2 Å². The third-order valence-corrected chi connectivity index (χ3v) is 7.20. The monoisotopic (exact) mass is 481 g/mol. The van der Waals surface area contributed by atoms with Crippen LogP contribution in [0.2, 0.25) is 0 Å². The van der Waals surface area contributed by atoms with Crippen molar-refractivity contribution in [3.8, 4) is 0 Å². The quantitative estimate of drug-likeness (QED) is 0.511. The van der Waals surface area contributed by atoms with Crippen LogP contribution in [0, 0.1) is 5.92 Å². The average molecular weight is 482 g/mol. The highest BCUT2D eigenvalue weighted by atomic mass is 16.5. The van der Waals surface area contributed by atoms with E-state index in [2.05, 4.69) is 51.0 Å². The zero-order valence-electron chi connectivity index (χ0n) is 20.7. The molecule has 0 aliphatic carbocycles. The molecule has 184 valence electrons. The van der Waals surface area contributed by atoms with Crippen LogP contribution < -0.4 is 9.80 Å². The van der Waals surface area contributed by atoms with Gasteiger partial charge in [0.2, 0.25) is 0 Å². The number of anilines is 2. The molecule has 0 saturated carbocycles. The van der Waals surface area contributed by atoms with Crippen molar-refractivity contribution in [1.82, 2.24) is 9.97 Å². The molecule has 6 rings (SSSR count). The average Bonchev–Trinajstić information content (AvgIpc) is 3.32. The van der Waals surface area contributed by atoms with E-state index in [1.54, 1.807) is 0 Å². The number of nitrogens with zero attached hydrogens (tertiary/aromatic N) is 5. The molecule has 0 unspecified atom stereocenters. The number of ether oxygens (including phenoxy) is 1. The Balaban J connectivity index is 1.10. The van der Waals surface area contributed by atoms with Crippen LogP contribution in [-0.2, 0) is 28.8 Å². The molecule has 7 nitrogen and oxygen atoms in total. The number of pyridine rings is 2. The second-order valence-corrected chi connectivity index (χ2v) is 10.1. The Kier molecular flexibility index (Phi) is 6.23. The highest BCUT2D eigenvalue weighted by Gasteiger charge is 2.25. The molecular formula is C29H31N5O2. The van der Waals surface area contributed by atoms with Crippen molar-refractivity contribution in [2.75, 3.05) is 49.2 Å². The summed E-state index contributed by atoms with van der Waals surface area (Å²) in [6, 6.07) is 14.4. The fourth-order valence-corrected chi connectivity index (χ4v) is 5.25. The lowest BCUT2D eigenvalue weighted by atomic mass is 10.00. The number of aliphatic imine (C=N–C) groups is 1. The first-order chi connectivity index (χ1) is 17.6. The Morgan fingerprint density at radius 2 is 1.75 bits per heavy atom. The van der Waals surface area contributed by atoms with Gasteiger partial charge in [-0.15, -0.1) is 0 Å². The lowest BCUT2D eigenvalue weighted by Crippen LogP contribution is -2.45. The van der Waals surface area contributed by atoms with Gasteiger partial charge in [-0.2, -0.15) is 0 Å². The Labute approximate surface area is 211 Å². The van der Waals surface area contributed by atoms with Crippen molar-refractivity contribution in [3.63, 3.8) is 0 Å². The van der Waals surface area contributed by atoms with Gasteiger partial charge in [-0.3, -0.25) is 9.78 Å². The molecule has 2 aromatic heterocycles. The molecule has 0 amide bonds. The molecule has 2 fully saturated rings. The molecule has 7 heteroatoms. The van der Waals surface area contributed by atoms with Gasteiger partial charge in [-0.1, -0.05) is 31.2 Å². The van der Waals surface area contributed by atoms with Crippen molar-refractivity contribution in [2.45, 2.75) is 26.2 Å². The number of Topliss-reactive ketones (excluding diaryl/α,β-unsaturated/α-hetero) is 1. The molecule has 3 aromatic rings. The molecule has 5 heterocycles. The number of carbonyl (C=O) groups excluding carboxylic acids is 1. The van der Waals surface area contributed by atoms with Gasteiger partial charge >= 0.3 is 0 Å². The zero-order valence-corrected chi connectivity index (χ0v) is 20.7. The number of aromatic nitrogens is 2. The molecule has 0 N–H and O–H groups in total. The summed E-state index contributed by atoms with van der Waals surface area (Å²) < 4.78 is 5.49. The van der Waals surface area contributed by atoms with Gasteiger partial charge in [0.05, 0.1) is 18.9 Å². The van der Waals surface area contributed by atoms with Crippen LogP contribution in [0.25, 0.3) is 0 Å². The number of morpholine rings is 1. The summed E-state index contributed by atoms with van der Waals surface area (Å²) in [5, 5.41) is 0. The molecular weight excluding hydrogens is 450 g/mol. The summed E-state index contributed by atoms with van der Waals surface area (Å²) in [5.41, 5.74) is 7.36. The summed E-state index contributed by atoms with van der Waals surface area (Å²) >= 11 is 0. The standard InChI is InChI=1S/C29H31N5O2/c1-20-18-34(19-20)25-7-9-30-24(16-25)17-26(35)14-21-2-4-22(5-3-21)27-15-23-6-8-31-29(28(23)32-27)33-10-12-36-13-11-33/h2-9,16,20H,10-15,17-19H2,1H3. The fraction of sp³-hybridized carbons (Fsp3) is 0.379. The second-order valence-electron chi connectivity index (χ2n) is 10.1. The number of hydrogen-bond acceptors (Lipinski definition) is 7. The van der Waals surface area contributed by atoms with Gasteiger partial charge in [0.25, 0.3) is 0 Å². The number of hydrogen-bond donors (Lipinski definition) is 0. The SMILES string of the molecule is CC1CN(c2ccnc(CC(=O)Cc3ccc(C4=Nc5c(ccnc5N5CCOCC5)C4)cc3)c2)C1. The van der Waals surface area contributed by atoms with Gasteiger partial charge in [0.1, 0.15) is 11.5 Å². The lowest BCUT2D eigenvalue weighted by Gasteiger charge is -2.39. The number of ketones is 1. The molecule has 0 spiro atoms. The third kappa shape index (κ3) is 4.75. The van der Waals surface area contributed by atoms with E-state index in [0.717, 1.165) is 85.8 Å². The topological polar surface area (TPSA) is 70.9 Å². The van der Waals surface area contributed by atoms with Crippen molar-refractivity contribution >= 4 is 28.7 Å². The molecule has 2 saturated heterocycles. The Bertz CT molecular complexity index is 1290. The first kappa shape index (κ1) is 22.9. The predicted octanol–water partition coefficient (Wildman–Crippen LogP) is 3.80. The van der Waals surface area contributed by atoms with Crippen LogP contribution in [0.1, 0.15) is 29.3 Å². The van der Waals surface area contributed by atoms with Gasteiger partial charge in [-0.25, -0.2) is 9.98 Å². The van der Waals surface area contributed by atoms with Crippen LogP contribution in [-0.4, -0.2) is 60.9 Å². The molecule has 0 atom stereocenters. The van der Waals surface area contributed by atoms with Gasteiger partial charge in [-0.05, 0) is 40.8 Å². The van der Waals surface area contributed by atoms with E-state index < -0.39 is 0 Å². The summed E-state index contributed by atoms with van der Waals surface area (Å²) in [6.07, 6.45) is 5.26. The molecule has 0 radical (unpaired) electrons. The number of fused-ring (bicyclic) bond motifs is 1. The minimum atomic E-state index is 0.177. The number of benzene rings is 1. The summed E-state index contributed by atoms with van der Waals surface area (Å²) in [7, 11) is 0. The highest BCUT2D eigenvalue weighted by Crippen LogP contribution is 2.36. The van der Waals surface area contributed by atoms with E-state index in [4.69, 9.17) is 9.73 Å². The highest BCUT2D eigenvalue weighted by molar-refractivity contribution is 6.07. The minimum absolute atomic E-state index is 0.177. The van der Waals surface area contributed by atoms with E-state index >= 15 is 0 Å². The van der Waals surface area contributed by atoms with Crippen molar-refractivity contribution in [3.05, 3.63) is 77.2 Å². The summed E-state index contributed by atoms with van der Waals surface area (Å²) in [4.78, 5) is 31.4. The number of carbonyl (C=O) groups is 1. The van der Waals surface area contributed by atoms with Gasteiger partial charge < -0.3 is 14.5 Å². The van der Waals surface area contributed by atoms with Gasteiger partial charge in [0.15, 0.2) is 5.82 Å². The Morgan fingerprint density at radius 3 is 2.53 bits per heavy atom. The van der Waals surface area contributed by atoms with E-state index in [1.165, 1.54) is 11.3 Å². The van der Waals surface area contributed by atoms with E-state index in [1.807, 2.05) is 30.6 Å². The first-order valence-corrected chi connectivity index (χ1v) is 12.8. The molecule has 3 aliphatic heterocycles. The van der Waals surface area contributed by atoms with Crippen LogP contribution in [0.5, 0.6) is 0 Å². The minimum Gasteiger partial charge on any atom is -0.378 e. The second kappa shape index (κ2) is 9.82. The predicted molar refractivity (Wildman–Crippen MR) is 142 cm³/mol. The van der Waals surface area contributed by atoms with Crippen LogP contribution in [0.15, 0.2) is 59.9 Å². The van der Waals surface area contributed by atoms with Crippen LogP contribution in [0.4, 0.5) is 17.2 Å². The third-order valence-electron chi connectivity index (χ3n) is 7.20. The first-order valence-electron chi connectivity index (χ1n) is 12.8. The molecule has 1 aromatic carbocycles. The van der Waals surface area contributed by atoms with E-state index in [-0.39, 0.29) is 5.78 Å². The normalized spacial score (nSPS) is 17.5. The number of rotatable bonds is 7. The molecule has 36 heavy (non-hydrogen) atoms. The maximum Gasteiger partial charge on any atom is 0.154 e. The van der Waals surface area contributed by atoms with Crippen LogP contribution >= 0.6 is 0 Å². The van der Waals surface area contributed by atoms with E-state index in [9.17, 15) is 4.79 Å². The Morgan fingerprint density at radius 1 is 0.972 bits per heavy atom. The molecule has 0 bridgehead atoms. The maximum atomic E-state index is 12.8. The fourth-order valence-electron chi connectivity index (χ4n) is 5.25. The largest absolute Gasteiger partial charge is 0.378 e. The zero-order chi connectivity index (χ0) is 24.5. The van der Waals surface area contributed by atoms with Crippen LogP contribution in [0.3, 0.4) is 0 Å². The van der Waals surface area contributed by atoms with E-state index in [0.29, 0.717) is 12.8 Å². The summed E-state index contributed by atoms with van der Waals surface area (Å²) in [5.74, 6) is 1.87. The summed E-state index contributed by atoms with van der Waals surface area (Å²) in [6.45, 7) is 7.53. The lowest BCUT2D eigenvalue weighted by molar-refractivity contribution is -0.117. The smallest absolute Gasteiger partial charge is 0.154 e. The Hall–Kier alpha value is -3.58. The van der Waals surface area contributed by atoms with Crippen molar-refractivity contribution in [2.24, 2.45) is 10.9 Å².